The molecule has 0 spiro atoms. The van der Waals surface area contributed by atoms with Crippen molar-refractivity contribution in [2.75, 3.05) is 55.1 Å². The molecule has 10 heteroatoms. The zero-order valence-corrected chi connectivity index (χ0v) is 21.8. The lowest BCUT2D eigenvalue weighted by Crippen LogP contribution is -2.44. The monoisotopic (exact) mass is 519 g/mol. The first-order valence-electron chi connectivity index (χ1n) is 12.7. The van der Waals surface area contributed by atoms with E-state index in [1.807, 2.05) is 19.9 Å². The summed E-state index contributed by atoms with van der Waals surface area (Å²) in [4.78, 5) is 19.2. The van der Waals surface area contributed by atoms with Gasteiger partial charge < -0.3 is 15.1 Å². The molecule has 0 aliphatic carbocycles. The molecule has 3 heterocycles. The van der Waals surface area contributed by atoms with Crippen LogP contribution in [0.25, 0.3) is 0 Å². The van der Waals surface area contributed by atoms with Crippen LogP contribution >= 0.6 is 0 Å². The number of halogens is 2. The first-order chi connectivity index (χ1) is 18.2. The molecule has 2 aliphatic heterocycles. The predicted molar refractivity (Wildman–Crippen MR) is 142 cm³/mol. The van der Waals surface area contributed by atoms with Crippen molar-refractivity contribution in [1.82, 2.24) is 14.9 Å². The lowest BCUT2D eigenvalue weighted by Gasteiger charge is -2.35. The van der Waals surface area contributed by atoms with E-state index in [9.17, 15) is 14.0 Å². The van der Waals surface area contributed by atoms with Gasteiger partial charge in [0.1, 0.15) is 23.8 Å². The minimum Gasteiger partial charge on any atom is -0.369 e. The third-order valence-electron chi connectivity index (χ3n) is 7.11. The van der Waals surface area contributed by atoms with Crippen LogP contribution in [0, 0.1) is 23.0 Å². The minimum atomic E-state index is -0.674. The first kappa shape index (κ1) is 25.8. The van der Waals surface area contributed by atoms with E-state index in [0.717, 1.165) is 49.2 Å². The number of nitrogens with zero attached hydrogens (tertiary/aromatic N) is 6. The highest BCUT2D eigenvalue weighted by Crippen LogP contribution is 2.36. The maximum atomic E-state index is 13.9. The lowest BCUT2D eigenvalue weighted by molar-refractivity contribution is 0.156. The van der Waals surface area contributed by atoms with Gasteiger partial charge in [-0.05, 0) is 62.4 Å². The summed E-state index contributed by atoms with van der Waals surface area (Å²) in [6, 6.07) is 13.4. The SMILES string of the molecule is CN1CCN(c2cc(Nc3cc(N4OCC[C@@H]4c4cc(F)cc(F)c4)ncn3)cc(C(C)(C)C#N)c2)CC1. The Balaban J connectivity index is 1.43. The standard InChI is InChI=1S/C28H31F2N7O/c1-28(2,17-31)20-12-23(15-24(13-20)36-7-5-35(3)6-8-36)34-26-16-27(33-18-32-26)37-25(4-9-38-37)19-10-21(29)14-22(30)11-19/h10-16,18,25H,4-9H2,1-3H3,(H,32,33,34)/t25-/m1/s1. The van der Waals surface area contributed by atoms with Crippen molar-refractivity contribution < 1.29 is 13.6 Å². The van der Waals surface area contributed by atoms with Gasteiger partial charge in [0.15, 0.2) is 5.82 Å². The highest BCUT2D eigenvalue weighted by molar-refractivity contribution is 5.67. The number of aromatic nitrogens is 2. The van der Waals surface area contributed by atoms with Crippen molar-refractivity contribution >= 4 is 23.0 Å². The number of benzene rings is 2. The molecule has 2 aromatic carbocycles. The van der Waals surface area contributed by atoms with Crippen LogP contribution in [0.3, 0.4) is 0 Å². The molecule has 0 bridgehead atoms. The molecule has 38 heavy (non-hydrogen) atoms. The molecule has 0 saturated carbocycles. The van der Waals surface area contributed by atoms with Crippen LogP contribution < -0.4 is 15.3 Å². The third kappa shape index (κ3) is 5.54. The number of nitrogens with one attached hydrogen (secondary N) is 1. The van der Waals surface area contributed by atoms with Gasteiger partial charge in [-0.2, -0.15) is 5.26 Å². The summed E-state index contributed by atoms with van der Waals surface area (Å²) < 4.78 is 27.8. The zero-order chi connectivity index (χ0) is 26.9. The van der Waals surface area contributed by atoms with Crippen molar-refractivity contribution in [3.63, 3.8) is 0 Å². The van der Waals surface area contributed by atoms with Gasteiger partial charge in [-0.15, -0.1) is 0 Å². The lowest BCUT2D eigenvalue weighted by atomic mass is 9.85. The molecule has 198 valence electrons. The van der Waals surface area contributed by atoms with Crippen molar-refractivity contribution in [2.45, 2.75) is 31.7 Å². The van der Waals surface area contributed by atoms with Crippen LogP contribution in [0.2, 0.25) is 0 Å². The Kier molecular flexibility index (Phi) is 7.15. The fourth-order valence-electron chi connectivity index (χ4n) is 4.81. The molecule has 2 aliphatic rings. The quantitative estimate of drug-likeness (QED) is 0.491. The minimum absolute atomic E-state index is 0.383. The molecule has 0 radical (unpaired) electrons. The van der Waals surface area contributed by atoms with E-state index in [1.165, 1.54) is 18.5 Å². The van der Waals surface area contributed by atoms with Gasteiger partial charge in [-0.25, -0.2) is 23.8 Å². The molecule has 2 fully saturated rings. The van der Waals surface area contributed by atoms with Gasteiger partial charge in [0, 0.05) is 56.1 Å². The van der Waals surface area contributed by atoms with Crippen LogP contribution in [-0.2, 0) is 10.3 Å². The molecule has 2 saturated heterocycles. The number of hydrogen-bond donors (Lipinski definition) is 1. The summed E-state index contributed by atoms with van der Waals surface area (Å²) in [6.07, 6.45) is 1.99. The van der Waals surface area contributed by atoms with E-state index in [-0.39, 0.29) is 6.04 Å². The number of rotatable bonds is 6. The van der Waals surface area contributed by atoms with Crippen LogP contribution in [0.4, 0.5) is 31.8 Å². The van der Waals surface area contributed by atoms with Crippen molar-refractivity contribution in [3.8, 4) is 6.07 Å². The zero-order valence-electron chi connectivity index (χ0n) is 21.8. The Morgan fingerprint density at radius 1 is 1.00 bits per heavy atom. The van der Waals surface area contributed by atoms with Gasteiger partial charge in [0.05, 0.1) is 24.1 Å². The molecule has 5 rings (SSSR count). The topological polar surface area (TPSA) is 80.6 Å². The normalized spacial score (nSPS) is 18.5. The number of piperazine rings is 1. The Bertz CT molecular complexity index is 1330. The number of hydrogen-bond acceptors (Lipinski definition) is 8. The summed E-state index contributed by atoms with van der Waals surface area (Å²) in [5.41, 5.74) is 2.56. The fourth-order valence-corrected chi connectivity index (χ4v) is 4.81. The van der Waals surface area contributed by atoms with Crippen molar-refractivity contribution in [1.29, 1.82) is 5.26 Å². The molecule has 1 aromatic heterocycles. The Labute approximate surface area is 221 Å². The average molecular weight is 520 g/mol. The summed E-state index contributed by atoms with van der Waals surface area (Å²) in [7, 11) is 2.12. The smallest absolute Gasteiger partial charge is 0.158 e. The number of hydroxylamine groups is 1. The summed E-state index contributed by atoms with van der Waals surface area (Å²) in [5.74, 6) is -0.255. The van der Waals surface area contributed by atoms with E-state index < -0.39 is 17.0 Å². The third-order valence-corrected chi connectivity index (χ3v) is 7.11. The van der Waals surface area contributed by atoms with Gasteiger partial charge in [0.25, 0.3) is 0 Å². The second kappa shape index (κ2) is 10.5. The van der Waals surface area contributed by atoms with Gasteiger partial charge in [-0.1, -0.05) is 0 Å². The molecule has 0 amide bonds. The number of anilines is 4. The Morgan fingerprint density at radius 2 is 1.74 bits per heavy atom. The van der Waals surface area contributed by atoms with Crippen molar-refractivity contribution in [2.24, 2.45) is 0 Å². The van der Waals surface area contributed by atoms with E-state index in [0.29, 0.717) is 30.2 Å². The Hall–Kier alpha value is -3.81. The Morgan fingerprint density at radius 3 is 2.45 bits per heavy atom. The van der Waals surface area contributed by atoms with Crippen LogP contribution in [0.1, 0.15) is 37.4 Å². The molecule has 1 atom stereocenters. The second-order valence-electron chi connectivity index (χ2n) is 10.3. The highest BCUT2D eigenvalue weighted by atomic mass is 19.1. The molecular weight excluding hydrogens is 488 g/mol. The molecule has 1 N–H and O–H groups in total. The molecule has 0 unspecified atom stereocenters. The fraction of sp³-hybridized carbons (Fsp3) is 0.393. The van der Waals surface area contributed by atoms with E-state index >= 15 is 0 Å². The van der Waals surface area contributed by atoms with Crippen LogP contribution in [0.5, 0.6) is 0 Å². The molecular formula is C28H31F2N7O. The highest BCUT2D eigenvalue weighted by Gasteiger charge is 2.30. The van der Waals surface area contributed by atoms with E-state index in [2.05, 4.69) is 50.3 Å². The molecule has 8 nitrogen and oxygen atoms in total. The number of likely N-dealkylation sites (N-methyl/N-ethyl adjacent to an activating group) is 1. The van der Waals surface area contributed by atoms with E-state index in [4.69, 9.17) is 4.84 Å². The largest absolute Gasteiger partial charge is 0.369 e. The summed E-state index contributed by atoms with van der Waals surface area (Å²) in [5, 5.41) is 14.7. The second-order valence-corrected chi connectivity index (χ2v) is 10.3. The van der Waals surface area contributed by atoms with Gasteiger partial charge in [-0.3, -0.25) is 4.84 Å². The maximum Gasteiger partial charge on any atom is 0.158 e. The summed E-state index contributed by atoms with van der Waals surface area (Å²) >= 11 is 0. The van der Waals surface area contributed by atoms with E-state index in [1.54, 1.807) is 11.1 Å². The van der Waals surface area contributed by atoms with Gasteiger partial charge in [0.2, 0.25) is 0 Å². The average Bonchev–Trinajstić information content (AvgIpc) is 3.39. The van der Waals surface area contributed by atoms with Gasteiger partial charge >= 0.3 is 0 Å². The van der Waals surface area contributed by atoms with Crippen LogP contribution in [-0.4, -0.2) is 54.7 Å². The predicted octanol–water partition coefficient (Wildman–Crippen LogP) is 4.93. The molecule has 3 aromatic rings. The number of nitriles is 1. The van der Waals surface area contributed by atoms with Crippen molar-refractivity contribution in [3.05, 3.63) is 71.6 Å². The maximum absolute atomic E-state index is 13.9. The first-order valence-corrected chi connectivity index (χ1v) is 12.7. The van der Waals surface area contributed by atoms with Crippen LogP contribution in [0.15, 0.2) is 48.8 Å². The summed E-state index contributed by atoms with van der Waals surface area (Å²) in [6.45, 7) is 7.95.